The number of phenolic OH excluding ortho intramolecular Hbond substituents is 1. The van der Waals surface area contributed by atoms with Gasteiger partial charge in [-0.25, -0.2) is 9.97 Å². The Kier molecular flexibility index (Phi) is 5.92. The molecule has 1 aliphatic rings. The molecule has 4 rings (SSSR count). The first-order valence-electron chi connectivity index (χ1n) is 9.97. The Morgan fingerprint density at radius 3 is 2.50 bits per heavy atom. The van der Waals surface area contributed by atoms with E-state index >= 15 is 0 Å². The number of nitrogens with zero attached hydrogens (tertiary/aromatic N) is 3. The van der Waals surface area contributed by atoms with Gasteiger partial charge in [0.15, 0.2) is 17.3 Å². The van der Waals surface area contributed by atoms with E-state index in [1.165, 1.54) is 26.4 Å². The van der Waals surface area contributed by atoms with Gasteiger partial charge in [0, 0.05) is 43.4 Å². The second-order valence-electron chi connectivity index (χ2n) is 7.55. The number of fused-ring (bicyclic) bond motifs is 1. The molecule has 1 N–H and O–H groups in total. The molecule has 168 valence electrons. The van der Waals surface area contributed by atoms with E-state index in [0.29, 0.717) is 42.4 Å². The van der Waals surface area contributed by atoms with Crippen molar-refractivity contribution in [1.29, 1.82) is 0 Å². The highest BCUT2D eigenvalue weighted by molar-refractivity contribution is 5.56. The van der Waals surface area contributed by atoms with E-state index in [2.05, 4.69) is 14.9 Å². The van der Waals surface area contributed by atoms with Crippen molar-refractivity contribution in [2.75, 3.05) is 20.8 Å². The summed E-state index contributed by atoms with van der Waals surface area (Å²) in [5.74, 6) is 1.19. The van der Waals surface area contributed by atoms with Gasteiger partial charge >= 0.3 is 6.18 Å². The lowest BCUT2D eigenvalue weighted by molar-refractivity contribution is -0.137. The third-order valence-corrected chi connectivity index (χ3v) is 5.41. The van der Waals surface area contributed by atoms with Crippen LogP contribution < -0.4 is 9.47 Å². The van der Waals surface area contributed by atoms with Crippen molar-refractivity contribution < 1.29 is 27.8 Å². The summed E-state index contributed by atoms with van der Waals surface area (Å²) in [6.07, 6.45) is -1.96. The third-order valence-electron chi connectivity index (χ3n) is 5.41. The monoisotopic (exact) mass is 445 g/mol. The predicted octanol–water partition coefficient (Wildman–Crippen LogP) is 4.44. The highest BCUT2D eigenvalue weighted by Gasteiger charge is 2.30. The molecule has 3 aromatic rings. The van der Waals surface area contributed by atoms with Crippen molar-refractivity contribution in [1.82, 2.24) is 14.9 Å². The lowest BCUT2D eigenvalue weighted by Gasteiger charge is -2.28. The largest absolute Gasteiger partial charge is 0.504 e. The molecule has 6 nitrogen and oxygen atoms in total. The van der Waals surface area contributed by atoms with Crippen LogP contribution in [0.5, 0.6) is 17.2 Å². The standard InChI is InChI=1S/C23H22F3N3O3/c1-31-20-10-14(9-19(30)21(20)32-2)12-29-8-7-18-16(13-29)11-27-22(28-18)15-3-5-17(6-4-15)23(24,25)26/h3-6,9-11,30H,7-8,12-13H2,1-2H3. The molecule has 0 spiro atoms. The smallest absolute Gasteiger partial charge is 0.416 e. The molecule has 0 bridgehead atoms. The average Bonchev–Trinajstić information content (AvgIpc) is 2.78. The Morgan fingerprint density at radius 1 is 1.09 bits per heavy atom. The summed E-state index contributed by atoms with van der Waals surface area (Å²) in [7, 11) is 2.99. The molecule has 1 aliphatic heterocycles. The van der Waals surface area contributed by atoms with E-state index in [4.69, 9.17) is 9.47 Å². The Hall–Kier alpha value is -3.33. The summed E-state index contributed by atoms with van der Waals surface area (Å²) in [6, 6.07) is 8.35. The van der Waals surface area contributed by atoms with Crippen LogP contribution in [0.1, 0.15) is 22.4 Å². The molecule has 32 heavy (non-hydrogen) atoms. The second-order valence-corrected chi connectivity index (χ2v) is 7.55. The van der Waals surface area contributed by atoms with Gasteiger partial charge in [-0.15, -0.1) is 0 Å². The first-order chi connectivity index (χ1) is 15.3. The van der Waals surface area contributed by atoms with Crippen LogP contribution in [0.2, 0.25) is 0 Å². The van der Waals surface area contributed by atoms with Gasteiger partial charge in [-0.1, -0.05) is 12.1 Å². The zero-order chi connectivity index (χ0) is 22.9. The summed E-state index contributed by atoms with van der Waals surface area (Å²) in [4.78, 5) is 11.1. The molecule has 9 heteroatoms. The quantitative estimate of drug-likeness (QED) is 0.626. The van der Waals surface area contributed by atoms with Crippen molar-refractivity contribution in [3.05, 3.63) is 65.0 Å². The molecule has 0 saturated heterocycles. The molecule has 0 amide bonds. The molecule has 2 aromatic carbocycles. The second kappa shape index (κ2) is 8.66. The van der Waals surface area contributed by atoms with Gasteiger partial charge in [0.1, 0.15) is 0 Å². The fourth-order valence-electron chi connectivity index (χ4n) is 3.81. The molecule has 0 saturated carbocycles. The normalized spacial score (nSPS) is 14.2. The van der Waals surface area contributed by atoms with Gasteiger partial charge in [-0.2, -0.15) is 13.2 Å². The van der Waals surface area contributed by atoms with Crippen LogP contribution in [0, 0.1) is 0 Å². The number of ether oxygens (including phenoxy) is 2. The van der Waals surface area contributed by atoms with E-state index in [1.54, 1.807) is 12.3 Å². The maximum absolute atomic E-state index is 12.8. The Bertz CT molecular complexity index is 1120. The van der Waals surface area contributed by atoms with E-state index in [-0.39, 0.29) is 5.75 Å². The summed E-state index contributed by atoms with van der Waals surface area (Å²) in [6.45, 7) is 1.96. The van der Waals surface area contributed by atoms with Crippen molar-refractivity contribution in [3.8, 4) is 28.6 Å². The SMILES string of the molecule is COc1cc(CN2CCc3nc(-c4ccc(C(F)(F)F)cc4)ncc3C2)cc(O)c1OC. The summed E-state index contributed by atoms with van der Waals surface area (Å²) in [5.41, 5.74) is 2.59. The van der Waals surface area contributed by atoms with Crippen LogP contribution in [0.4, 0.5) is 13.2 Å². The Balaban J connectivity index is 1.49. The van der Waals surface area contributed by atoms with Crippen molar-refractivity contribution >= 4 is 0 Å². The number of alkyl halides is 3. The molecular formula is C23H22F3N3O3. The molecule has 0 unspecified atom stereocenters. The number of halogens is 3. The minimum Gasteiger partial charge on any atom is -0.504 e. The minimum absolute atomic E-state index is 0.0174. The topological polar surface area (TPSA) is 67.7 Å². The fourth-order valence-corrected chi connectivity index (χ4v) is 3.81. The number of aromatic nitrogens is 2. The van der Waals surface area contributed by atoms with Gasteiger partial charge in [-0.05, 0) is 29.8 Å². The van der Waals surface area contributed by atoms with Crippen molar-refractivity contribution in [3.63, 3.8) is 0 Å². The van der Waals surface area contributed by atoms with Crippen LogP contribution in [0.25, 0.3) is 11.4 Å². The maximum Gasteiger partial charge on any atom is 0.416 e. The lowest BCUT2D eigenvalue weighted by atomic mass is 10.0. The molecule has 1 aromatic heterocycles. The zero-order valence-corrected chi connectivity index (χ0v) is 17.6. The molecular weight excluding hydrogens is 423 g/mol. The molecule has 0 radical (unpaired) electrons. The minimum atomic E-state index is -4.37. The van der Waals surface area contributed by atoms with Gasteiger partial charge in [0.2, 0.25) is 5.75 Å². The fraction of sp³-hybridized carbons (Fsp3) is 0.304. The van der Waals surface area contributed by atoms with E-state index in [0.717, 1.165) is 35.5 Å². The summed E-state index contributed by atoms with van der Waals surface area (Å²) < 4.78 is 48.8. The highest BCUT2D eigenvalue weighted by Crippen LogP contribution is 2.38. The van der Waals surface area contributed by atoms with Crippen LogP contribution in [-0.4, -0.2) is 40.7 Å². The number of methoxy groups -OCH3 is 2. The van der Waals surface area contributed by atoms with Gasteiger partial charge in [0.05, 0.1) is 25.5 Å². The molecule has 0 fully saturated rings. The van der Waals surface area contributed by atoms with Gasteiger partial charge < -0.3 is 14.6 Å². The average molecular weight is 445 g/mol. The van der Waals surface area contributed by atoms with Gasteiger partial charge in [-0.3, -0.25) is 4.90 Å². The third kappa shape index (κ3) is 4.47. The first kappa shape index (κ1) is 21.9. The van der Waals surface area contributed by atoms with Crippen molar-refractivity contribution in [2.24, 2.45) is 0 Å². The number of rotatable bonds is 5. The Morgan fingerprint density at radius 2 is 1.84 bits per heavy atom. The van der Waals surface area contributed by atoms with E-state index in [9.17, 15) is 18.3 Å². The number of benzene rings is 2. The molecule has 2 heterocycles. The van der Waals surface area contributed by atoms with Crippen LogP contribution in [0.3, 0.4) is 0 Å². The zero-order valence-electron chi connectivity index (χ0n) is 17.6. The van der Waals surface area contributed by atoms with Crippen LogP contribution >= 0.6 is 0 Å². The van der Waals surface area contributed by atoms with Crippen molar-refractivity contribution in [2.45, 2.75) is 25.7 Å². The summed E-state index contributed by atoms with van der Waals surface area (Å²) >= 11 is 0. The van der Waals surface area contributed by atoms with E-state index in [1.807, 2.05) is 6.07 Å². The Labute approximate surface area is 183 Å². The van der Waals surface area contributed by atoms with Crippen LogP contribution in [0.15, 0.2) is 42.6 Å². The highest BCUT2D eigenvalue weighted by atomic mass is 19.4. The van der Waals surface area contributed by atoms with Gasteiger partial charge in [0.25, 0.3) is 0 Å². The van der Waals surface area contributed by atoms with E-state index < -0.39 is 11.7 Å². The predicted molar refractivity (Wildman–Crippen MR) is 111 cm³/mol. The molecule has 0 atom stereocenters. The summed E-state index contributed by atoms with van der Waals surface area (Å²) in [5, 5.41) is 10.2. The number of phenols is 1. The maximum atomic E-state index is 12.8. The number of aromatic hydroxyl groups is 1. The number of hydrogen-bond donors (Lipinski definition) is 1. The number of hydrogen-bond acceptors (Lipinski definition) is 6. The molecule has 0 aliphatic carbocycles. The lowest BCUT2D eigenvalue weighted by Crippen LogP contribution is -2.31. The van der Waals surface area contributed by atoms with Crippen LogP contribution in [-0.2, 0) is 25.7 Å². The first-order valence-corrected chi connectivity index (χ1v) is 9.97.